The monoisotopic (exact) mass is 220 g/mol. The molecule has 0 bridgehead atoms. The van der Waals surface area contributed by atoms with Gasteiger partial charge in [0.05, 0.1) is 6.61 Å². The molecule has 0 fully saturated rings. The molecule has 0 radical (unpaired) electrons. The molecule has 1 aromatic heterocycles. The highest BCUT2D eigenvalue weighted by molar-refractivity contribution is 9.10. The number of hydrogen-bond donors (Lipinski definition) is 1. The van der Waals surface area contributed by atoms with Gasteiger partial charge in [0.25, 0.3) is 0 Å². The highest BCUT2D eigenvalue weighted by Gasteiger charge is 2.05. The van der Waals surface area contributed by atoms with E-state index in [0.29, 0.717) is 0 Å². The zero-order valence-corrected chi connectivity index (χ0v) is 8.08. The molecule has 3 heteroatoms. The summed E-state index contributed by atoms with van der Waals surface area (Å²) in [4.78, 5) is 1.23. The minimum absolute atomic E-state index is 0.229. The van der Waals surface area contributed by atoms with Crippen molar-refractivity contribution < 1.29 is 5.11 Å². The Bertz CT molecular complexity index is 209. The topological polar surface area (TPSA) is 20.2 Å². The van der Waals surface area contributed by atoms with Crippen LogP contribution in [-0.2, 0) is 0 Å². The van der Waals surface area contributed by atoms with E-state index in [2.05, 4.69) is 15.9 Å². The molecule has 1 rings (SSSR count). The Morgan fingerprint density at radius 2 is 2.50 bits per heavy atom. The van der Waals surface area contributed by atoms with Crippen LogP contribution in [0.4, 0.5) is 0 Å². The van der Waals surface area contributed by atoms with E-state index in [0.717, 1.165) is 4.47 Å². The molecule has 0 amide bonds. The summed E-state index contributed by atoms with van der Waals surface area (Å²) in [6, 6.07) is 2.05. The molecule has 0 aliphatic carbocycles. The van der Waals surface area contributed by atoms with Gasteiger partial charge in [-0.05, 0) is 22.0 Å². The summed E-state index contributed by atoms with van der Waals surface area (Å²) >= 11 is 5.03. The third-order valence-electron chi connectivity index (χ3n) is 1.35. The van der Waals surface area contributed by atoms with Crippen molar-refractivity contribution in [3.63, 3.8) is 0 Å². The molecule has 1 heterocycles. The van der Waals surface area contributed by atoms with E-state index < -0.39 is 0 Å². The predicted octanol–water partition coefficient (Wildman–Crippen LogP) is 2.61. The second kappa shape index (κ2) is 3.51. The van der Waals surface area contributed by atoms with E-state index >= 15 is 0 Å². The summed E-state index contributed by atoms with van der Waals surface area (Å²) in [5, 5.41) is 10.8. The lowest BCUT2D eigenvalue weighted by Gasteiger charge is -2.01. The summed E-state index contributed by atoms with van der Waals surface area (Å²) in [5.41, 5.74) is 0. The van der Waals surface area contributed by atoms with Gasteiger partial charge in [0.15, 0.2) is 0 Å². The first kappa shape index (κ1) is 8.24. The summed E-state index contributed by atoms with van der Waals surface area (Å²) in [6.45, 7) is 2.24. The van der Waals surface area contributed by atoms with Gasteiger partial charge in [0, 0.05) is 20.6 Å². The maximum absolute atomic E-state index is 8.79. The molecule has 0 saturated heterocycles. The molecule has 0 aliphatic heterocycles. The molecule has 1 N–H and O–H groups in total. The molecule has 56 valence electrons. The number of halogens is 1. The van der Waals surface area contributed by atoms with Crippen molar-refractivity contribution >= 4 is 27.3 Å². The zero-order valence-electron chi connectivity index (χ0n) is 5.67. The Kier molecular flexibility index (Phi) is 2.89. The first-order valence-corrected chi connectivity index (χ1v) is 4.76. The Balaban J connectivity index is 2.74. The van der Waals surface area contributed by atoms with Crippen LogP contribution in [0.5, 0.6) is 0 Å². The van der Waals surface area contributed by atoms with Gasteiger partial charge >= 0.3 is 0 Å². The second-order valence-corrected chi connectivity index (χ2v) is 4.11. The predicted molar refractivity (Wildman–Crippen MR) is 47.5 cm³/mol. The third-order valence-corrected chi connectivity index (χ3v) is 3.27. The summed E-state index contributed by atoms with van der Waals surface area (Å²) in [7, 11) is 0. The average molecular weight is 221 g/mol. The van der Waals surface area contributed by atoms with Gasteiger partial charge < -0.3 is 5.11 Å². The zero-order chi connectivity index (χ0) is 7.56. The Morgan fingerprint density at radius 3 is 2.90 bits per heavy atom. The number of aliphatic hydroxyl groups excluding tert-OH is 1. The molecular weight excluding hydrogens is 212 g/mol. The van der Waals surface area contributed by atoms with Crippen LogP contribution in [0.2, 0.25) is 0 Å². The van der Waals surface area contributed by atoms with Crippen molar-refractivity contribution in [2.75, 3.05) is 6.61 Å². The number of hydrogen-bond acceptors (Lipinski definition) is 2. The highest BCUT2D eigenvalue weighted by Crippen LogP contribution is 2.26. The Morgan fingerprint density at radius 1 is 1.80 bits per heavy atom. The van der Waals surface area contributed by atoms with Crippen LogP contribution in [0.15, 0.2) is 15.9 Å². The number of rotatable bonds is 2. The van der Waals surface area contributed by atoms with Crippen molar-refractivity contribution in [3.8, 4) is 0 Å². The van der Waals surface area contributed by atoms with Crippen LogP contribution < -0.4 is 0 Å². The van der Waals surface area contributed by atoms with E-state index in [1.54, 1.807) is 11.3 Å². The fourth-order valence-electron chi connectivity index (χ4n) is 0.677. The SMILES string of the molecule is CC(CO)c1cc(Br)cs1. The third kappa shape index (κ3) is 1.81. The van der Waals surface area contributed by atoms with Gasteiger partial charge in [-0.2, -0.15) is 0 Å². The van der Waals surface area contributed by atoms with Crippen LogP contribution in [0.1, 0.15) is 17.7 Å². The molecule has 0 aromatic carbocycles. The molecule has 0 saturated carbocycles. The van der Waals surface area contributed by atoms with Crippen LogP contribution in [0, 0.1) is 0 Å². The quantitative estimate of drug-likeness (QED) is 0.813. The number of aliphatic hydroxyl groups is 1. The fourth-order valence-corrected chi connectivity index (χ4v) is 2.17. The molecule has 0 aliphatic rings. The van der Waals surface area contributed by atoms with Crippen LogP contribution >= 0.6 is 27.3 Å². The first-order chi connectivity index (χ1) is 4.74. The highest BCUT2D eigenvalue weighted by atomic mass is 79.9. The van der Waals surface area contributed by atoms with Gasteiger partial charge in [0.1, 0.15) is 0 Å². The Labute approximate surface area is 72.8 Å². The molecule has 1 atom stereocenters. The van der Waals surface area contributed by atoms with Crippen LogP contribution in [0.3, 0.4) is 0 Å². The molecule has 1 unspecified atom stereocenters. The second-order valence-electron chi connectivity index (χ2n) is 2.25. The van der Waals surface area contributed by atoms with Crippen molar-refractivity contribution in [2.45, 2.75) is 12.8 Å². The van der Waals surface area contributed by atoms with Crippen LogP contribution in [-0.4, -0.2) is 11.7 Å². The molecule has 0 spiro atoms. The van der Waals surface area contributed by atoms with Crippen molar-refractivity contribution in [2.24, 2.45) is 0 Å². The smallest absolute Gasteiger partial charge is 0.0504 e. The van der Waals surface area contributed by atoms with Crippen molar-refractivity contribution in [1.82, 2.24) is 0 Å². The van der Waals surface area contributed by atoms with Gasteiger partial charge in [-0.1, -0.05) is 6.92 Å². The lowest BCUT2D eigenvalue weighted by atomic mass is 10.2. The van der Waals surface area contributed by atoms with E-state index in [4.69, 9.17) is 5.11 Å². The average Bonchev–Trinajstić information content (AvgIpc) is 2.34. The lowest BCUT2D eigenvalue weighted by molar-refractivity contribution is 0.274. The van der Waals surface area contributed by atoms with Crippen molar-refractivity contribution in [3.05, 3.63) is 20.8 Å². The normalized spacial score (nSPS) is 13.5. The number of thiophene rings is 1. The first-order valence-electron chi connectivity index (χ1n) is 3.09. The summed E-state index contributed by atoms with van der Waals surface area (Å²) in [5.74, 6) is 0.274. The Hall–Kier alpha value is 0.140. The van der Waals surface area contributed by atoms with E-state index in [1.807, 2.05) is 18.4 Å². The minimum atomic E-state index is 0.229. The van der Waals surface area contributed by atoms with E-state index in [1.165, 1.54) is 4.88 Å². The molecule has 10 heavy (non-hydrogen) atoms. The minimum Gasteiger partial charge on any atom is -0.396 e. The van der Waals surface area contributed by atoms with Crippen LogP contribution in [0.25, 0.3) is 0 Å². The largest absolute Gasteiger partial charge is 0.396 e. The van der Waals surface area contributed by atoms with Crippen molar-refractivity contribution in [1.29, 1.82) is 0 Å². The summed E-state index contributed by atoms with van der Waals surface area (Å²) in [6.07, 6.45) is 0. The molecule has 1 nitrogen and oxygen atoms in total. The van der Waals surface area contributed by atoms with Gasteiger partial charge in [-0.15, -0.1) is 11.3 Å². The summed E-state index contributed by atoms with van der Waals surface area (Å²) < 4.78 is 1.10. The van der Waals surface area contributed by atoms with E-state index in [9.17, 15) is 0 Å². The standard InChI is InChI=1S/C7H9BrOS/c1-5(3-9)7-2-6(8)4-10-7/h2,4-5,9H,3H2,1H3. The maximum atomic E-state index is 8.79. The maximum Gasteiger partial charge on any atom is 0.0504 e. The van der Waals surface area contributed by atoms with Gasteiger partial charge in [0.2, 0.25) is 0 Å². The van der Waals surface area contributed by atoms with Gasteiger partial charge in [-0.3, -0.25) is 0 Å². The molecular formula is C7H9BrOS. The van der Waals surface area contributed by atoms with Gasteiger partial charge in [-0.25, -0.2) is 0 Å². The van der Waals surface area contributed by atoms with E-state index in [-0.39, 0.29) is 12.5 Å². The molecule has 1 aromatic rings. The lowest BCUT2D eigenvalue weighted by Crippen LogP contribution is -1.94. The fraction of sp³-hybridized carbons (Fsp3) is 0.429.